The molecular formula is C9H9F3O3. The van der Waals surface area contributed by atoms with Crippen molar-refractivity contribution < 1.29 is 27.8 Å². The van der Waals surface area contributed by atoms with Crippen LogP contribution in [0.25, 0.3) is 0 Å². The van der Waals surface area contributed by atoms with Gasteiger partial charge in [0, 0.05) is 0 Å². The first-order valence-electron chi connectivity index (χ1n) is 4.06. The van der Waals surface area contributed by atoms with Gasteiger partial charge in [-0.05, 0) is 6.08 Å². The molecule has 0 saturated heterocycles. The molecule has 1 aliphatic carbocycles. The van der Waals surface area contributed by atoms with Crippen molar-refractivity contribution in [2.75, 3.05) is 7.11 Å². The number of hydrogen-bond acceptors (Lipinski definition) is 3. The average Bonchev–Trinajstić information content (AvgIpc) is 2.16. The lowest BCUT2D eigenvalue weighted by molar-refractivity contribution is -0.254. The normalized spacial score (nSPS) is 30.3. The van der Waals surface area contributed by atoms with Gasteiger partial charge in [0.05, 0.1) is 7.11 Å². The highest BCUT2D eigenvalue weighted by Crippen LogP contribution is 2.40. The van der Waals surface area contributed by atoms with Gasteiger partial charge in [-0.15, -0.1) is 0 Å². The van der Waals surface area contributed by atoms with Crippen LogP contribution >= 0.6 is 0 Å². The zero-order valence-corrected chi connectivity index (χ0v) is 7.78. The lowest BCUT2D eigenvalue weighted by atomic mass is 9.83. The number of carbonyl (C=O) groups excluding carboxylic acids is 1. The Labute approximate surface area is 83.8 Å². The van der Waals surface area contributed by atoms with E-state index in [1.54, 1.807) is 0 Å². The van der Waals surface area contributed by atoms with Crippen molar-refractivity contribution in [3.8, 4) is 0 Å². The van der Waals surface area contributed by atoms with Crippen molar-refractivity contribution in [3.63, 3.8) is 0 Å². The smallest absolute Gasteiger partial charge is 0.422 e. The molecule has 1 aliphatic rings. The summed E-state index contributed by atoms with van der Waals surface area (Å²) in [5.41, 5.74) is -3.19. The predicted molar refractivity (Wildman–Crippen MR) is 44.8 cm³/mol. The van der Waals surface area contributed by atoms with E-state index in [1.165, 1.54) is 6.08 Å². The van der Waals surface area contributed by atoms with Crippen LogP contribution in [0.1, 0.15) is 0 Å². The number of aliphatic hydroxyl groups is 1. The van der Waals surface area contributed by atoms with Crippen LogP contribution in [0.5, 0.6) is 0 Å². The van der Waals surface area contributed by atoms with Gasteiger partial charge in [-0.2, -0.15) is 13.2 Å². The van der Waals surface area contributed by atoms with Gasteiger partial charge in [0.25, 0.3) is 0 Å². The van der Waals surface area contributed by atoms with Crippen LogP contribution in [0.3, 0.4) is 0 Å². The van der Waals surface area contributed by atoms with Crippen molar-refractivity contribution in [1.82, 2.24) is 0 Å². The molecule has 1 N–H and O–H groups in total. The van der Waals surface area contributed by atoms with Crippen LogP contribution in [0, 0.1) is 5.92 Å². The van der Waals surface area contributed by atoms with Crippen LogP contribution in [0.2, 0.25) is 0 Å². The molecule has 0 aromatic carbocycles. The maximum absolute atomic E-state index is 12.5. The Morgan fingerprint density at radius 2 is 2.07 bits per heavy atom. The van der Waals surface area contributed by atoms with Gasteiger partial charge in [-0.25, -0.2) is 0 Å². The van der Waals surface area contributed by atoms with Gasteiger partial charge >= 0.3 is 12.1 Å². The molecule has 0 saturated carbocycles. The quantitative estimate of drug-likeness (QED) is 0.678. The summed E-state index contributed by atoms with van der Waals surface area (Å²) in [6.45, 7) is 0. The van der Waals surface area contributed by atoms with Crippen molar-refractivity contribution in [1.29, 1.82) is 0 Å². The molecule has 0 amide bonds. The van der Waals surface area contributed by atoms with Crippen LogP contribution in [0.4, 0.5) is 13.2 Å². The van der Waals surface area contributed by atoms with Crippen LogP contribution < -0.4 is 0 Å². The van der Waals surface area contributed by atoms with Gasteiger partial charge < -0.3 is 9.84 Å². The summed E-state index contributed by atoms with van der Waals surface area (Å²) < 4.78 is 41.8. The summed E-state index contributed by atoms with van der Waals surface area (Å²) in [4.78, 5) is 11.1. The summed E-state index contributed by atoms with van der Waals surface area (Å²) in [6.07, 6.45) is -1.14. The summed E-state index contributed by atoms with van der Waals surface area (Å²) >= 11 is 0. The highest BCUT2D eigenvalue weighted by Gasteiger charge is 2.59. The van der Waals surface area contributed by atoms with Crippen LogP contribution in [-0.4, -0.2) is 30.0 Å². The van der Waals surface area contributed by atoms with Gasteiger partial charge in [0.15, 0.2) is 5.60 Å². The van der Waals surface area contributed by atoms with Crippen LogP contribution in [0.15, 0.2) is 24.3 Å². The number of hydrogen-bond donors (Lipinski definition) is 1. The van der Waals surface area contributed by atoms with E-state index in [0.29, 0.717) is 6.08 Å². The highest BCUT2D eigenvalue weighted by molar-refractivity contribution is 5.77. The minimum Gasteiger partial charge on any atom is -0.468 e. The molecule has 0 aromatic rings. The molecule has 84 valence electrons. The second-order valence-corrected chi connectivity index (χ2v) is 3.07. The molecule has 2 atom stereocenters. The van der Waals surface area contributed by atoms with E-state index in [0.717, 1.165) is 19.3 Å². The molecular weight excluding hydrogens is 213 g/mol. The Hall–Kier alpha value is -1.30. The third-order valence-electron chi connectivity index (χ3n) is 2.15. The number of halogens is 3. The molecule has 1 rings (SSSR count). The van der Waals surface area contributed by atoms with E-state index >= 15 is 0 Å². The molecule has 0 aliphatic heterocycles. The molecule has 0 aromatic heterocycles. The third kappa shape index (κ3) is 1.90. The van der Waals surface area contributed by atoms with Gasteiger partial charge in [-0.3, -0.25) is 4.79 Å². The first-order valence-corrected chi connectivity index (χ1v) is 4.06. The Morgan fingerprint density at radius 3 is 2.53 bits per heavy atom. The first-order chi connectivity index (χ1) is 6.83. The fourth-order valence-electron chi connectivity index (χ4n) is 1.28. The SMILES string of the molecule is COC(=O)C1C=CC=CC1(O)C(F)(F)F. The lowest BCUT2D eigenvalue weighted by Gasteiger charge is -2.33. The highest BCUT2D eigenvalue weighted by atomic mass is 19.4. The average molecular weight is 222 g/mol. The number of methoxy groups -OCH3 is 1. The van der Waals surface area contributed by atoms with Crippen LogP contribution in [-0.2, 0) is 9.53 Å². The van der Waals surface area contributed by atoms with Gasteiger partial charge in [0.1, 0.15) is 5.92 Å². The summed E-state index contributed by atoms with van der Waals surface area (Å²) in [5.74, 6) is -2.89. The molecule has 6 heteroatoms. The standard InChI is InChI=1S/C9H9F3O3/c1-15-7(13)6-4-2-3-5-8(6,14)9(10,11)12/h2-6,14H,1H3. The van der Waals surface area contributed by atoms with E-state index < -0.39 is 23.7 Å². The zero-order chi connectivity index (χ0) is 11.7. The fraction of sp³-hybridized carbons (Fsp3) is 0.444. The minimum atomic E-state index is -4.92. The minimum absolute atomic E-state index is 0.536. The van der Waals surface area contributed by atoms with Crippen molar-refractivity contribution in [2.24, 2.45) is 5.92 Å². The Morgan fingerprint density at radius 1 is 1.47 bits per heavy atom. The molecule has 0 spiro atoms. The van der Waals surface area contributed by atoms with Crippen molar-refractivity contribution in [2.45, 2.75) is 11.8 Å². The van der Waals surface area contributed by atoms with E-state index in [9.17, 15) is 23.1 Å². The molecule has 15 heavy (non-hydrogen) atoms. The molecule has 3 nitrogen and oxygen atoms in total. The number of rotatable bonds is 1. The number of esters is 1. The van der Waals surface area contributed by atoms with E-state index in [2.05, 4.69) is 4.74 Å². The number of carbonyl (C=O) groups is 1. The molecule has 0 fully saturated rings. The molecule has 0 radical (unpaired) electrons. The molecule has 2 unspecified atom stereocenters. The second kappa shape index (κ2) is 3.69. The van der Waals surface area contributed by atoms with Gasteiger partial charge in [0.2, 0.25) is 0 Å². The summed E-state index contributed by atoms with van der Waals surface area (Å²) in [5, 5.41) is 9.41. The maximum atomic E-state index is 12.5. The Kier molecular flexibility index (Phi) is 2.90. The van der Waals surface area contributed by atoms with Crippen molar-refractivity contribution in [3.05, 3.63) is 24.3 Å². The number of allylic oxidation sites excluding steroid dienone is 2. The fourth-order valence-corrected chi connectivity index (χ4v) is 1.28. The van der Waals surface area contributed by atoms with Crippen molar-refractivity contribution >= 4 is 5.97 Å². The topological polar surface area (TPSA) is 46.5 Å². The Bertz CT molecular complexity index is 319. The predicted octanol–water partition coefficient (Wildman–Crippen LogP) is 1.20. The summed E-state index contributed by atoms with van der Waals surface area (Å²) in [7, 11) is 0.964. The monoisotopic (exact) mass is 222 g/mol. The van der Waals surface area contributed by atoms with E-state index in [-0.39, 0.29) is 0 Å². The molecule has 0 bridgehead atoms. The number of alkyl halides is 3. The third-order valence-corrected chi connectivity index (χ3v) is 2.15. The van der Waals surface area contributed by atoms with Gasteiger partial charge in [-0.1, -0.05) is 18.2 Å². The number of ether oxygens (including phenoxy) is 1. The first kappa shape index (κ1) is 11.8. The second-order valence-electron chi connectivity index (χ2n) is 3.07. The summed E-state index contributed by atoms with van der Waals surface area (Å²) in [6, 6.07) is 0. The largest absolute Gasteiger partial charge is 0.468 e. The van der Waals surface area contributed by atoms with E-state index in [4.69, 9.17) is 0 Å². The molecule has 0 heterocycles. The zero-order valence-electron chi connectivity index (χ0n) is 7.78. The maximum Gasteiger partial charge on any atom is 0.422 e. The van der Waals surface area contributed by atoms with E-state index in [1.807, 2.05) is 0 Å². The Balaban J connectivity index is 3.10. The lowest BCUT2D eigenvalue weighted by Crippen LogP contribution is -2.52.